The van der Waals surface area contributed by atoms with Crippen LogP contribution in [-0.4, -0.2) is 60.5 Å². The van der Waals surface area contributed by atoms with Crippen LogP contribution in [0.25, 0.3) is 0 Å². The van der Waals surface area contributed by atoms with E-state index in [1.165, 1.54) is 38.6 Å². The third kappa shape index (κ3) is 5.48. The number of carbonyl (C=O) groups excluding carboxylic acids is 1. The second-order valence-electron chi connectivity index (χ2n) is 7.76. The van der Waals surface area contributed by atoms with E-state index in [1.807, 2.05) is 7.05 Å². The number of rotatable bonds is 5. The van der Waals surface area contributed by atoms with E-state index < -0.39 is 0 Å². The van der Waals surface area contributed by atoms with Crippen LogP contribution in [0.15, 0.2) is 0 Å². The average Bonchev–Trinajstić information content (AvgIpc) is 2.86. The summed E-state index contributed by atoms with van der Waals surface area (Å²) in [6, 6.07) is 1.86. The highest BCUT2D eigenvalue weighted by molar-refractivity contribution is 5.85. The van der Waals surface area contributed by atoms with Crippen molar-refractivity contribution in [1.82, 2.24) is 15.1 Å². The highest BCUT2D eigenvalue weighted by Gasteiger charge is 2.35. The van der Waals surface area contributed by atoms with Gasteiger partial charge in [0.1, 0.15) is 0 Å². The Morgan fingerprint density at radius 2 is 1.67 bits per heavy atom. The molecule has 3 aliphatic rings. The van der Waals surface area contributed by atoms with Crippen LogP contribution in [0.4, 0.5) is 0 Å². The lowest BCUT2D eigenvalue weighted by atomic mass is 9.89. The number of piperidine rings is 2. The number of halogens is 2. The Morgan fingerprint density at radius 3 is 2.21 bits per heavy atom. The molecule has 3 fully saturated rings. The second-order valence-corrected chi connectivity index (χ2v) is 7.76. The number of nitrogens with one attached hydrogen (secondary N) is 1. The number of hydrogen-bond acceptors (Lipinski definition) is 3. The van der Waals surface area contributed by atoms with Crippen LogP contribution in [0.2, 0.25) is 0 Å². The summed E-state index contributed by atoms with van der Waals surface area (Å²) in [5.41, 5.74) is 0. The first kappa shape index (κ1) is 22.0. The van der Waals surface area contributed by atoms with Crippen LogP contribution >= 0.6 is 24.8 Å². The first-order valence-corrected chi connectivity index (χ1v) is 9.39. The molecule has 0 aromatic rings. The van der Waals surface area contributed by atoms with Gasteiger partial charge in [0.15, 0.2) is 0 Å². The first-order chi connectivity index (χ1) is 10.7. The average molecular weight is 380 g/mol. The van der Waals surface area contributed by atoms with Crippen molar-refractivity contribution in [2.75, 3.05) is 26.7 Å². The number of amides is 1. The summed E-state index contributed by atoms with van der Waals surface area (Å²) >= 11 is 0. The molecule has 3 rings (SSSR count). The molecule has 2 bridgehead atoms. The van der Waals surface area contributed by atoms with E-state index in [2.05, 4.69) is 22.0 Å². The standard InChI is InChI=1S/C18H33N3O.2ClH/c1-3-8-21-9-6-17(7-10-21)20(2)18(22)13-14-11-15-4-5-16(12-14)19-15;;/h14-17,19H,3-13H2,1-2H3;2*1H. The minimum Gasteiger partial charge on any atom is -0.343 e. The summed E-state index contributed by atoms with van der Waals surface area (Å²) in [4.78, 5) is 17.3. The van der Waals surface area contributed by atoms with Gasteiger partial charge in [0.25, 0.3) is 0 Å². The third-order valence-electron chi connectivity index (χ3n) is 6.07. The number of carbonyl (C=O) groups is 1. The van der Waals surface area contributed by atoms with E-state index in [9.17, 15) is 4.79 Å². The molecule has 0 aliphatic carbocycles. The normalized spacial score (nSPS) is 30.3. The molecular formula is C18H35Cl2N3O. The minimum absolute atomic E-state index is 0. The Labute approximate surface area is 159 Å². The zero-order valence-electron chi connectivity index (χ0n) is 15.2. The first-order valence-electron chi connectivity index (χ1n) is 9.39. The van der Waals surface area contributed by atoms with Gasteiger partial charge in [0, 0.05) is 44.7 Å². The smallest absolute Gasteiger partial charge is 0.222 e. The van der Waals surface area contributed by atoms with Crippen molar-refractivity contribution in [2.24, 2.45) is 5.92 Å². The fourth-order valence-electron chi connectivity index (χ4n) is 4.78. The molecule has 24 heavy (non-hydrogen) atoms. The lowest BCUT2D eigenvalue weighted by Crippen LogP contribution is -2.46. The van der Waals surface area contributed by atoms with Gasteiger partial charge in [-0.1, -0.05) is 6.92 Å². The summed E-state index contributed by atoms with van der Waals surface area (Å²) in [6.07, 6.45) is 9.38. The van der Waals surface area contributed by atoms with Crippen LogP contribution in [0.3, 0.4) is 0 Å². The van der Waals surface area contributed by atoms with Crippen molar-refractivity contribution in [1.29, 1.82) is 0 Å². The van der Waals surface area contributed by atoms with Gasteiger partial charge < -0.3 is 15.1 Å². The van der Waals surface area contributed by atoms with Crippen LogP contribution in [0.1, 0.15) is 58.3 Å². The largest absolute Gasteiger partial charge is 0.343 e. The van der Waals surface area contributed by atoms with Crippen molar-refractivity contribution >= 4 is 30.7 Å². The third-order valence-corrected chi connectivity index (χ3v) is 6.07. The van der Waals surface area contributed by atoms with Crippen molar-refractivity contribution < 1.29 is 4.79 Å². The molecule has 4 nitrogen and oxygen atoms in total. The number of nitrogens with zero attached hydrogens (tertiary/aromatic N) is 2. The van der Waals surface area contributed by atoms with Crippen LogP contribution in [0.5, 0.6) is 0 Å². The van der Waals surface area contributed by atoms with Gasteiger partial charge in [0.2, 0.25) is 5.91 Å². The lowest BCUT2D eigenvalue weighted by molar-refractivity contribution is -0.134. The van der Waals surface area contributed by atoms with Gasteiger partial charge in [-0.25, -0.2) is 0 Å². The Morgan fingerprint density at radius 1 is 1.08 bits per heavy atom. The second kappa shape index (κ2) is 10.2. The molecule has 0 aromatic heterocycles. The molecule has 0 aromatic carbocycles. The van der Waals surface area contributed by atoms with Crippen molar-refractivity contribution in [3.63, 3.8) is 0 Å². The summed E-state index contributed by atoms with van der Waals surface area (Å²) in [5, 5.41) is 3.67. The molecule has 0 saturated carbocycles. The van der Waals surface area contributed by atoms with Crippen LogP contribution < -0.4 is 5.32 Å². The quantitative estimate of drug-likeness (QED) is 0.796. The van der Waals surface area contributed by atoms with E-state index in [4.69, 9.17) is 0 Å². The Kier molecular flexibility index (Phi) is 9.35. The predicted octanol–water partition coefficient (Wildman–Crippen LogP) is 3.08. The number of likely N-dealkylation sites (tertiary alicyclic amines) is 1. The van der Waals surface area contributed by atoms with E-state index in [0.29, 0.717) is 30.0 Å². The maximum absolute atomic E-state index is 12.6. The molecule has 3 heterocycles. The van der Waals surface area contributed by atoms with Gasteiger partial charge >= 0.3 is 0 Å². The molecular weight excluding hydrogens is 345 g/mol. The van der Waals surface area contributed by atoms with Crippen LogP contribution in [0, 0.1) is 5.92 Å². The van der Waals surface area contributed by atoms with E-state index in [1.54, 1.807) is 0 Å². The highest BCUT2D eigenvalue weighted by Crippen LogP contribution is 2.33. The maximum atomic E-state index is 12.6. The molecule has 1 amide bonds. The highest BCUT2D eigenvalue weighted by atomic mass is 35.5. The minimum atomic E-state index is 0. The van der Waals surface area contributed by atoms with E-state index >= 15 is 0 Å². The summed E-state index contributed by atoms with van der Waals surface area (Å²) in [6.45, 7) is 5.78. The Balaban J connectivity index is 0.00000144. The molecule has 6 heteroatoms. The maximum Gasteiger partial charge on any atom is 0.222 e. The number of hydrogen-bond donors (Lipinski definition) is 1. The molecule has 1 N–H and O–H groups in total. The van der Waals surface area contributed by atoms with Gasteiger partial charge in [-0.2, -0.15) is 0 Å². The van der Waals surface area contributed by atoms with Crippen molar-refractivity contribution in [3.8, 4) is 0 Å². The Bertz CT molecular complexity index is 376. The zero-order valence-corrected chi connectivity index (χ0v) is 16.8. The molecule has 2 unspecified atom stereocenters. The molecule has 142 valence electrons. The fraction of sp³-hybridized carbons (Fsp3) is 0.944. The van der Waals surface area contributed by atoms with Gasteiger partial charge in [-0.05, 0) is 57.4 Å². The molecule has 3 aliphatic heterocycles. The van der Waals surface area contributed by atoms with E-state index in [-0.39, 0.29) is 24.8 Å². The van der Waals surface area contributed by atoms with Crippen molar-refractivity contribution in [3.05, 3.63) is 0 Å². The molecule has 0 radical (unpaired) electrons. The fourth-order valence-corrected chi connectivity index (χ4v) is 4.78. The predicted molar refractivity (Wildman–Crippen MR) is 104 cm³/mol. The number of fused-ring (bicyclic) bond motifs is 2. The van der Waals surface area contributed by atoms with Crippen molar-refractivity contribution in [2.45, 2.75) is 76.4 Å². The molecule has 2 atom stereocenters. The van der Waals surface area contributed by atoms with Gasteiger partial charge in [0.05, 0.1) is 0 Å². The lowest BCUT2D eigenvalue weighted by Gasteiger charge is -2.37. The molecule has 0 spiro atoms. The summed E-state index contributed by atoms with van der Waals surface area (Å²) in [7, 11) is 2.04. The summed E-state index contributed by atoms with van der Waals surface area (Å²) < 4.78 is 0. The topological polar surface area (TPSA) is 35.6 Å². The summed E-state index contributed by atoms with van der Waals surface area (Å²) in [5.74, 6) is 1.01. The zero-order chi connectivity index (χ0) is 15.5. The van der Waals surface area contributed by atoms with Gasteiger partial charge in [-0.3, -0.25) is 4.79 Å². The van der Waals surface area contributed by atoms with Crippen LogP contribution in [-0.2, 0) is 4.79 Å². The molecule has 3 saturated heterocycles. The Hall–Kier alpha value is -0.0300. The monoisotopic (exact) mass is 379 g/mol. The van der Waals surface area contributed by atoms with Gasteiger partial charge in [-0.15, -0.1) is 24.8 Å². The van der Waals surface area contributed by atoms with E-state index in [0.717, 1.165) is 32.4 Å². The SMILES string of the molecule is CCCN1CCC(N(C)C(=O)CC2CC3CCC(C2)N3)CC1.Cl.Cl.